The number of hydrogen-bond acceptors (Lipinski definition) is 2. The van der Waals surface area contributed by atoms with Crippen LogP contribution in [-0.2, 0) is 17.6 Å². The normalized spacial score (nSPS) is 18.0. The highest BCUT2D eigenvalue weighted by molar-refractivity contribution is 5.96. The summed E-state index contributed by atoms with van der Waals surface area (Å²) in [5, 5.41) is 8.07. The van der Waals surface area contributed by atoms with E-state index < -0.39 is 0 Å². The summed E-state index contributed by atoms with van der Waals surface area (Å²) >= 11 is 0. The van der Waals surface area contributed by atoms with Crippen LogP contribution in [0.2, 0.25) is 0 Å². The van der Waals surface area contributed by atoms with Crippen molar-refractivity contribution in [3.05, 3.63) is 65.4 Å². The van der Waals surface area contributed by atoms with Crippen molar-refractivity contribution < 1.29 is 4.79 Å². The number of amides is 1. The summed E-state index contributed by atoms with van der Waals surface area (Å²) < 4.78 is 0. The third kappa shape index (κ3) is 4.44. The zero-order valence-electron chi connectivity index (χ0n) is 18.3. The quantitative estimate of drug-likeness (QED) is 0.480. The Hall–Kier alpha value is -2.59. The van der Waals surface area contributed by atoms with E-state index in [2.05, 4.69) is 65.0 Å². The molecule has 0 saturated carbocycles. The number of aromatic amines is 1. The Balaban J connectivity index is 1.46. The van der Waals surface area contributed by atoms with E-state index in [1.165, 1.54) is 34.1 Å². The molecule has 158 valence electrons. The number of carbonyl (C=O) groups is 1. The Morgan fingerprint density at radius 3 is 2.73 bits per heavy atom. The zero-order valence-corrected chi connectivity index (χ0v) is 18.3. The standard InChI is InChI=1S/C26H33N3O/c1-4-17(2)26(30)28-21-11-13-25-23(15-21)22-14-19(10-12-24(22)29-25)16-27-18(3)20-8-6-5-7-9-20/h5-9,11,13,15,17-19,27,29H,4,10,12,14,16H2,1-3H3,(H,28,30). The Labute approximate surface area is 179 Å². The van der Waals surface area contributed by atoms with Crippen molar-refractivity contribution in [2.24, 2.45) is 11.8 Å². The molecule has 2 aromatic carbocycles. The van der Waals surface area contributed by atoms with Crippen LogP contribution in [0.1, 0.15) is 56.5 Å². The number of benzene rings is 2. The van der Waals surface area contributed by atoms with Crippen molar-refractivity contribution in [3.8, 4) is 0 Å². The van der Waals surface area contributed by atoms with Crippen molar-refractivity contribution in [2.75, 3.05) is 11.9 Å². The Morgan fingerprint density at radius 2 is 1.97 bits per heavy atom. The van der Waals surface area contributed by atoms with Crippen LogP contribution in [-0.4, -0.2) is 17.4 Å². The van der Waals surface area contributed by atoms with Crippen molar-refractivity contribution in [3.63, 3.8) is 0 Å². The number of H-pyrrole nitrogens is 1. The number of carbonyl (C=O) groups excluding carboxylic acids is 1. The molecule has 3 unspecified atom stereocenters. The Kier molecular flexibility index (Phi) is 6.24. The van der Waals surface area contributed by atoms with Gasteiger partial charge in [0.25, 0.3) is 0 Å². The first kappa shape index (κ1) is 20.7. The number of fused-ring (bicyclic) bond motifs is 3. The van der Waals surface area contributed by atoms with Crippen LogP contribution in [0, 0.1) is 11.8 Å². The number of rotatable bonds is 7. The molecule has 30 heavy (non-hydrogen) atoms. The molecule has 3 aromatic rings. The molecule has 0 spiro atoms. The molecule has 3 N–H and O–H groups in total. The van der Waals surface area contributed by atoms with Crippen LogP contribution in [0.5, 0.6) is 0 Å². The highest BCUT2D eigenvalue weighted by Crippen LogP contribution is 2.33. The number of hydrogen-bond donors (Lipinski definition) is 3. The van der Waals surface area contributed by atoms with Gasteiger partial charge in [0.15, 0.2) is 0 Å². The fraction of sp³-hybridized carbons (Fsp3) is 0.423. The van der Waals surface area contributed by atoms with Crippen LogP contribution >= 0.6 is 0 Å². The fourth-order valence-electron chi connectivity index (χ4n) is 4.40. The lowest BCUT2D eigenvalue weighted by Gasteiger charge is -2.25. The molecule has 0 saturated heterocycles. The van der Waals surface area contributed by atoms with E-state index in [4.69, 9.17) is 0 Å². The largest absolute Gasteiger partial charge is 0.358 e. The Bertz CT molecular complexity index is 1010. The van der Waals surface area contributed by atoms with Gasteiger partial charge in [0.1, 0.15) is 0 Å². The first-order chi connectivity index (χ1) is 14.5. The highest BCUT2D eigenvalue weighted by atomic mass is 16.1. The molecule has 1 aromatic heterocycles. The van der Waals surface area contributed by atoms with Crippen molar-refractivity contribution in [1.29, 1.82) is 0 Å². The smallest absolute Gasteiger partial charge is 0.227 e. The second-order valence-electron chi connectivity index (χ2n) is 8.79. The highest BCUT2D eigenvalue weighted by Gasteiger charge is 2.23. The maximum atomic E-state index is 12.3. The number of aryl methyl sites for hydroxylation is 1. The van der Waals surface area contributed by atoms with Gasteiger partial charge in [-0.25, -0.2) is 0 Å². The van der Waals surface area contributed by atoms with Crippen LogP contribution in [0.25, 0.3) is 10.9 Å². The van der Waals surface area contributed by atoms with Gasteiger partial charge in [-0.2, -0.15) is 0 Å². The van der Waals surface area contributed by atoms with Crippen molar-refractivity contribution in [2.45, 2.75) is 52.5 Å². The minimum atomic E-state index is 0.0305. The van der Waals surface area contributed by atoms with Gasteiger partial charge in [0.2, 0.25) is 5.91 Å². The van der Waals surface area contributed by atoms with Crippen molar-refractivity contribution in [1.82, 2.24) is 10.3 Å². The van der Waals surface area contributed by atoms with Crippen LogP contribution in [0.3, 0.4) is 0 Å². The lowest BCUT2D eigenvalue weighted by atomic mass is 9.86. The molecule has 0 bridgehead atoms. The third-order valence-corrected chi connectivity index (χ3v) is 6.63. The summed E-state index contributed by atoms with van der Waals surface area (Å²) in [5.74, 6) is 0.752. The molecule has 4 nitrogen and oxygen atoms in total. The Morgan fingerprint density at radius 1 is 1.17 bits per heavy atom. The summed E-state index contributed by atoms with van der Waals surface area (Å²) in [4.78, 5) is 15.9. The minimum absolute atomic E-state index is 0.0305. The SMILES string of the molecule is CCC(C)C(=O)Nc1ccc2[nH]c3c(c2c1)CC(CNC(C)c1ccccc1)CC3. The summed E-state index contributed by atoms with van der Waals surface area (Å²) in [6.45, 7) is 7.27. The topological polar surface area (TPSA) is 56.9 Å². The van der Waals surface area contributed by atoms with E-state index >= 15 is 0 Å². The minimum Gasteiger partial charge on any atom is -0.358 e. The van der Waals surface area contributed by atoms with E-state index in [1.54, 1.807) is 0 Å². The number of aromatic nitrogens is 1. The molecule has 1 amide bonds. The first-order valence-electron chi connectivity index (χ1n) is 11.3. The molecular weight excluding hydrogens is 370 g/mol. The van der Waals surface area contributed by atoms with Crippen LogP contribution in [0.15, 0.2) is 48.5 Å². The van der Waals surface area contributed by atoms with Gasteiger partial charge in [-0.1, -0.05) is 44.2 Å². The predicted octanol–water partition coefficient (Wildman–Crippen LogP) is 5.61. The van der Waals surface area contributed by atoms with E-state index in [0.29, 0.717) is 12.0 Å². The molecule has 3 atom stereocenters. The number of nitrogens with one attached hydrogen (secondary N) is 3. The molecular formula is C26H33N3O. The number of anilines is 1. The van der Waals surface area contributed by atoms with Gasteiger partial charge in [0, 0.05) is 34.2 Å². The molecule has 1 heterocycles. The summed E-state index contributed by atoms with van der Waals surface area (Å²) in [6, 6.07) is 17.3. The van der Waals surface area contributed by atoms with Gasteiger partial charge < -0.3 is 15.6 Å². The second kappa shape index (κ2) is 9.05. The van der Waals surface area contributed by atoms with Gasteiger partial charge in [-0.05, 0) is 74.4 Å². The van der Waals surface area contributed by atoms with Crippen molar-refractivity contribution >= 4 is 22.5 Å². The van der Waals surface area contributed by atoms with E-state index in [-0.39, 0.29) is 11.8 Å². The molecule has 1 aliphatic carbocycles. The van der Waals surface area contributed by atoms with E-state index in [1.807, 2.05) is 19.9 Å². The van der Waals surface area contributed by atoms with Gasteiger partial charge >= 0.3 is 0 Å². The molecule has 4 heteroatoms. The molecule has 1 aliphatic rings. The first-order valence-corrected chi connectivity index (χ1v) is 11.3. The second-order valence-corrected chi connectivity index (χ2v) is 8.79. The average Bonchev–Trinajstić information content (AvgIpc) is 3.14. The van der Waals surface area contributed by atoms with Gasteiger partial charge in [0.05, 0.1) is 0 Å². The third-order valence-electron chi connectivity index (χ3n) is 6.63. The fourth-order valence-corrected chi connectivity index (χ4v) is 4.40. The average molecular weight is 404 g/mol. The monoisotopic (exact) mass is 403 g/mol. The molecule has 4 rings (SSSR count). The van der Waals surface area contributed by atoms with E-state index in [0.717, 1.165) is 31.5 Å². The summed E-state index contributed by atoms with van der Waals surface area (Å²) in [5.41, 5.74) is 6.20. The van der Waals surface area contributed by atoms with E-state index in [9.17, 15) is 4.79 Å². The van der Waals surface area contributed by atoms with Gasteiger partial charge in [-0.3, -0.25) is 4.79 Å². The molecule has 0 radical (unpaired) electrons. The maximum Gasteiger partial charge on any atom is 0.227 e. The molecule has 0 fully saturated rings. The zero-order chi connectivity index (χ0) is 21.1. The lowest BCUT2D eigenvalue weighted by Crippen LogP contribution is -2.29. The lowest BCUT2D eigenvalue weighted by molar-refractivity contribution is -0.119. The summed E-state index contributed by atoms with van der Waals surface area (Å²) in [6.07, 6.45) is 4.22. The molecule has 0 aliphatic heterocycles. The van der Waals surface area contributed by atoms with Crippen LogP contribution < -0.4 is 10.6 Å². The van der Waals surface area contributed by atoms with Gasteiger partial charge in [-0.15, -0.1) is 0 Å². The predicted molar refractivity (Wildman–Crippen MR) is 125 cm³/mol. The van der Waals surface area contributed by atoms with Crippen LogP contribution in [0.4, 0.5) is 5.69 Å². The summed E-state index contributed by atoms with van der Waals surface area (Å²) in [7, 11) is 0. The maximum absolute atomic E-state index is 12.3.